The molecule has 112 valence electrons. The third kappa shape index (κ3) is 2.65. The molecule has 0 aliphatic carbocycles. The van der Waals surface area contributed by atoms with E-state index >= 15 is 0 Å². The number of carboxylic acids is 1. The highest BCUT2D eigenvalue weighted by atomic mass is 16.5. The zero-order chi connectivity index (χ0) is 15.5. The van der Waals surface area contributed by atoms with E-state index in [1.165, 1.54) is 0 Å². The van der Waals surface area contributed by atoms with E-state index in [0.717, 1.165) is 23.0 Å². The van der Waals surface area contributed by atoms with Crippen molar-refractivity contribution >= 4 is 16.9 Å². The first-order chi connectivity index (χ1) is 10.7. The largest absolute Gasteiger partial charge is 0.487 e. The van der Waals surface area contributed by atoms with Crippen molar-refractivity contribution < 1.29 is 14.6 Å². The van der Waals surface area contributed by atoms with E-state index in [1.807, 2.05) is 24.4 Å². The molecule has 3 aromatic rings. The number of ether oxygens (including phenoxy) is 1. The van der Waals surface area contributed by atoms with Gasteiger partial charge in [-0.25, -0.2) is 4.79 Å². The molecule has 1 N–H and O–H groups in total. The van der Waals surface area contributed by atoms with Crippen LogP contribution < -0.4 is 4.74 Å². The van der Waals surface area contributed by atoms with Crippen LogP contribution >= 0.6 is 0 Å². The van der Waals surface area contributed by atoms with Crippen LogP contribution in [0.1, 0.15) is 22.8 Å². The number of carboxylic acid groups (broad SMARTS) is 1. The minimum atomic E-state index is -0.926. The predicted octanol–water partition coefficient (Wildman–Crippen LogP) is 3.33. The molecule has 0 saturated carbocycles. The Morgan fingerprint density at radius 3 is 2.91 bits per heavy atom. The number of carbonyl (C=O) groups is 1. The number of hydrogen-bond donors (Lipinski definition) is 1. The van der Waals surface area contributed by atoms with Gasteiger partial charge in [0.15, 0.2) is 0 Å². The highest BCUT2D eigenvalue weighted by Crippen LogP contribution is 2.24. The lowest BCUT2D eigenvalue weighted by atomic mass is 10.1. The van der Waals surface area contributed by atoms with Crippen molar-refractivity contribution in [1.29, 1.82) is 0 Å². The van der Waals surface area contributed by atoms with Crippen LogP contribution in [0.15, 0.2) is 48.9 Å². The summed E-state index contributed by atoms with van der Waals surface area (Å²) in [4.78, 5) is 15.2. The fourth-order valence-electron chi connectivity index (χ4n) is 2.47. The van der Waals surface area contributed by atoms with E-state index in [-0.39, 0.29) is 5.56 Å². The topological polar surface area (TPSA) is 64.4 Å². The summed E-state index contributed by atoms with van der Waals surface area (Å²) in [6.07, 6.45) is 5.35. The molecule has 0 fully saturated rings. The van der Waals surface area contributed by atoms with Crippen molar-refractivity contribution in [1.82, 2.24) is 9.55 Å². The standard InChI is InChI=1S/C17H16N2O3/c1-2-19-10-13(11-22-14-4-3-7-18-9-14)15-8-12(17(20)21)5-6-16(15)19/h3-10H,2,11H2,1H3,(H,20,21). The maximum atomic E-state index is 11.2. The Morgan fingerprint density at radius 1 is 1.36 bits per heavy atom. The highest BCUT2D eigenvalue weighted by Gasteiger charge is 2.12. The normalized spacial score (nSPS) is 10.8. The lowest BCUT2D eigenvalue weighted by molar-refractivity contribution is 0.0697. The second-order valence-corrected chi connectivity index (χ2v) is 4.95. The summed E-state index contributed by atoms with van der Waals surface area (Å²) >= 11 is 0. The van der Waals surface area contributed by atoms with Gasteiger partial charge in [-0.2, -0.15) is 0 Å². The molecule has 0 saturated heterocycles. The van der Waals surface area contributed by atoms with Gasteiger partial charge >= 0.3 is 5.97 Å². The van der Waals surface area contributed by atoms with E-state index in [2.05, 4.69) is 16.5 Å². The van der Waals surface area contributed by atoms with E-state index in [0.29, 0.717) is 12.4 Å². The Kier molecular flexibility index (Phi) is 3.78. The van der Waals surface area contributed by atoms with Gasteiger partial charge in [-0.3, -0.25) is 4.98 Å². The molecule has 0 aliphatic heterocycles. The summed E-state index contributed by atoms with van der Waals surface area (Å²) in [7, 11) is 0. The van der Waals surface area contributed by atoms with Crippen LogP contribution in [0.25, 0.3) is 10.9 Å². The van der Waals surface area contributed by atoms with E-state index in [9.17, 15) is 4.79 Å². The van der Waals surface area contributed by atoms with Crippen molar-refractivity contribution in [2.75, 3.05) is 0 Å². The van der Waals surface area contributed by atoms with Crippen LogP contribution in [0.2, 0.25) is 0 Å². The summed E-state index contributed by atoms with van der Waals surface area (Å²) in [5, 5.41) is 10.1. The summed E-state index contributed by atoms with van der Waals surface area (Å²) in [5.74, 6) is -0.237. The number of aryl methyl sites for hydroxylation is 1. The molecule has 5 heteroatoms. The predicted molar refractivity (Wildman–Crippen MR) is 83.1 cm³/mol. The number of hydrogen-bond acceptors (Lipinski definition) is 3. The molecule has 2 aromatic heterocycles. The van der Waals surface area contributed by atoms with Crippen molar-refractivity contribution in [2.45, 2.75) is 20.1 Å². The zero-order valence-electron chi connectivity index (χ0n) is 12.2. The Labute approximate surface area is 127 Å². The first kappa shape index (κ1) is 14.1. The molecular weight excluding hydrogens is 280 g/mol. The third-order valence-electron chi connectivity index (χ3n) is 3.58. The molecule has 0 bridgehead atoms. The minimum absolute atomic E-state index is 0.281. The molecular formula is C17H16N2O3. The molecule has 1 aromatic carbocycles. The van der Waals surface area contributed by atoms with Gasteiger partial charge in [0.25, 0.3) is 0 Å². The summed E-state index contributed by atoms with van der Waals surface area (Å²) in [5.41, 5.74) is 2.25. The quantitative estimate of drug-likeness (QED) is 0.784. The number of aromatic carboxylic acids is 1. The van der Waals surface area contributed by atoms with E-state index in [1.54, 1.807) is 24.5 Å². The van der Waals surface area contributed by atoms with Gasteiger partial charge in [-0.05, 0) is 37.3 Å². The minimum Gasteiger partial charge on any atom is -0.487 e. The molecule has 2 heterocycles. The van der Waals surface area contributed by atoms with E-state index < -0.39 is 5.97 Å². The fourth-order valence-corrected chi connectivity index (χ4v) is 2.47. The number of aromatic nitrogens is 2. The smallest absolute Gasteiger partial charge is 0.335 e. The van der Waals surface area contributed by atoms with E-state index in [4.69, 9.17) is 9.84 Å². The Balaban J connectivity index is 1.97. The van der Waals surface area contributed by atoms with Gasteiger partial charge in [0, 0.05) is 35.4 Å². The molecule has 0 radical (unpaired) electrons. The summed E-state index contributed by atoms with van der Waals surface area (Å²) in [6.45, 7) is 3.24. The van der Waals surface area contributed by atoms with Crippen LogP contribution in [-0.2, 0) is 13.2 Å². The van der Waals surface area contributed by atoms with Gasteiger partial charge in [0.2, 0.25) is 0 Å². The second kappa shape index (κ2) is 5.89. The maximum absolute atomic E-state index is 11.2. The fraction of sp³-hybridized carbons (Fsp3) is 0.176. The van der Waals surface area contributed by atoms with Crippen LogP contribution in [0.5, 0.6) is 5.75 Å². The van der Waals surface area contributed by atoms with Crippen molar-refractivity contribution in [2.24, 2.45) is 0 Å². The van der Waals surface area contributed by atoms with Crippen LogP contribution in [0, 0.1) is 0 Å². The molecule has 5 nitrogen and oxygen atoms in total. The number of nitrogens with zero attached hydrogens (tertiary/aromatic N) is 2. The number of benzene rings is 1. The Morgan fingerprint density at radius 2 is 2.23 bits per heavy atom. The van der Waals surface area contributed by atoms with Crippen LogP contribution in [0.4, 0.5) is 0 Å². The molecule has 0 spiro atoms. The molecule has 3 rings (SSSR count). The van der Waals surface area contributed by atoms with Gasteiger partial charge in [-0.15, -0.1) is 0 Å². The van der Waals surface area contributed by atoms with Gasteiger partial charge < -0.3 is 14.4 Å². The second-order valence-electron chi connectivity index (χ2n) is 4.95. The molecule has 22 heavy (non-hydrogen) atoms. The van der Waals surface area contributed by atoms with Gasteiger partial charge in [-0.1, -0.05) is 0 Å². The van der Waals surface area contributed by atoms with Crippen molar-refractivity contribution in [3.05, 3.63) is 60.0 Å². The third-order valence-corrected chi connectivity index (χ3v) is 3.58. The number of rotatable bonds is 5. The Hall–Kier alpha value is -2.82. The number of fused-ring (bicyclic) bond motifs is 1. The summed E-state index contributed by atoms with van der Waals surface area (Å²) < 4.78 is 7.82. The van der Waals surface area contributed by atoms with Crippen LogP contribution in [0.3, 0.4) is 0 Å². The lowest BCUT2D eigenvalue weighted by Crippen LogP contribution is -1.97. The summed E-state index contributed by atoms with van der Waals surface area (Å²) in [6, 6.07) is 8.83. The van der Waals surface area contributed by atoms with Crippen LogP contribution in [-0.4, -0.2) is 20.6 Å². The lowest BCUT2D eigenvalue weighted by Gasteiger charge is -2.04. The first-order valence-electron chi connectivity index (χ1n) is 7.07. The SMILES string of the molecule is CCn1cc(COc2cccnc2)c2cc(C(=O)O)ccc21. The van der Waals surface area contributed by atoms with Gasteiger partial charge in [0.1, 0.15) is 12.4 Å². The monoisotopic (exact) mass is 296 g/mol. The van der Waals surface area contributed by atoms with Crippen molar-refractivity contribution in [3.8, 4) is 5.75 Å². The molecule has 0 amide bonds. The molecule has 0 aliphatic rings. The molecule has 0 unspecified atom stereocenters. The average Bonchev–Trinajstić information content (AvgIpc) is 2.91. The zero-order valence-corrected chi connectivity index (χ0v) is 12.2. The Bertz CT molecular complexity index is 809. The maximum Gasteiger partial charge on any atom is 0.335 e. The number of pyridine rings is 1. The first-order valence-corrected chi connectivity index (χ1v) is 7.07. The average molecular weight is 296 g/mol. The van der Waals surface area contributed by atoms with Crippen molar-refractivity contribution in [3.63, 3.8) is 0 Å². The highest BCUT2D eigenvalue weighted by molar-refractivity contribution is 5.95. The molecule has 0 atom stereocenters. The van der Waals surface area contributed by atoms with Gasteiger partial charge in [0.05, 0.1) is 11.8 Å².